The van der Waals surface area contributed by atoms with Crippen molar-refractivity contribution in [3.8, 4) is 0 Å². The molecule has 1 N–H and O–H groups in total. The molecule has 2 nitrogen and oxygen atoms in total. The molecule has 0 fully saturated rings. The second kappa shape index (κ2) is 7.93. The van der Waals surface area contributed by atoms with Crippen LogP contribution in [0.1, 0.15) is 32.8 Å². The van der Waals surface area contributed by atoms with Gasteiger partial charge >= 0.3 is 0 Å². The lowest BCUT2D eigenvalue weighted by atomic mass is 10.2. The lowest BCUT2D eigenvalue weighted by molar-refractivity contribution is 0.531. The Bertz CT molecular complexity index is 380. The summed E-state index contributed by atoms with van der Waals surface area (Å²) in [5, 5.41) is 4.26. The van der Waals surface area contributed by atoms with E-state index in [9.17, 15) is 4.21 Å². The van der Waals surface area contributed by atoms with Gasteiger partial charge in [-0.15, -0.1) is 0 Å². The zero-order valence-electron chi connectivity index (χ0n) is 11.3. The number of rotatable bonds is 7. The predicted molar refractivity (Wildman–Crippen MR) is 80.5 cm³/mol. The van der Waals surface area contributed by atoms with Crippen LogP contribution in [0.4, 0.5) is 0 Å². The fraction of sp³-hybridized carbons (Fsp3) is 0.571. The minimum Gasteiger partial charge on any atom is -0.313 e. The van der Waals surface area contributed by atoms with Gasteiger partial charge in [-0.05, 0) is 44.5 Å². The van der Waals surface area contributed by atoms with E-state index in [0.717, 1.165) is 23.6 Å². The third kappa shape index (κ3) is 5.09. The first kappa shape index (κ1) is 15.7. The molecule has 0 amide bonds. The van der Waals surface area contributed by atoms with Gasteiger partial charge in [0, 0.05) is 32.9 Å². The molecule has 0 aliphatic rings. The summed E-state index contributed by atoms with van der Waals surface area (Å²) in [6, 6.07) is 7.85. The summed E-state index contributed by atoms with van der Waals surface area (Å²) >= 11 is 5.83. The second-order valence-corrected chi connectivity index (χ2v) is 6.83. The van der Waals surface area contributed by atoms with Gasteiger partial charge < -0.3 is 5.32 Å². The van der Waals surface area contributed by atoms with Gasteiger partial charge in [-0.3, -0.25) is 4.21 Å². The minimum atomic E-state index is -0.862. The molecule has 0 aliphatic carbocycles. The van der Waals surface area contributed by atoms with Crippen molar-refractivity contribution in [3.63, 3.8) is 0 Å². The van der Waals surface area contributed by atoms with Crippen LogP contribution in [0.3, 0.4) is 0 Å². The molecule has 0 saturated heterocycles. The van der Waals surface area contributed by atoms with E-state index in [1.807, 2.05) is 31.2 Å². The molecule has 18 heavy (non-hydrogen) atoms. The van der Waals surface area contributed by atoms with E-state index in [2.05, 4.69) is 19.2 Å². The van der Waals surface area contributed by atoms with E-state index in [4.69, 9.17) is 11.6 Å². The standard InChI is InChI=1S/C14H22ClNOS/c1-4-9-16-11(2)12(3)18(17)10-13-5-7-14(15)8-6-13/h5-8,11-12,16H,4,9-10H2,1-3H3. The molecule has 0 radical (unpaired) electrons. The van der Waals surface area contributed by atoms with Crippen LogP contribution in [0.2, 0.25) is 5.02 Å². The molecule has 0 aromatic heterocycles. The Kier molecular flexibility index (Phi) is 6.90. The highest BCUT2D eigenvalue weighted by molar-refractivity contribution is 7.84. The molecular weight excluding hydrogens is 266 g/mol. The number of benzene rings is 1. The van der Waals surface area contributed by atoms with Crippen LogP contribution in [0.15, 0.2) is 24.3 Å². The van der Waals surface area contributed by atoms with Crippen molar-refractivity contribution in [3.05, 3.63) is 34.9 Å². The van der Waals surface area contributed by atoms with Crippen LogP contribution in [0, 0.1) is 0 Å². The van der Waals surface area contributed by atoms with Gasteiger partial charge in [-0.25, -0.2) is 0 Å². The first-order valence-corrected chi connectivity index (χ1v) is 8.15. The average molecular weight is 288 g/mol. The van der Waals surface area contributed by atoms with Gasteiger partial charge in [-0.2, -0.15) is 0 Å². The van der Waals surface area contributed by atoms with Gasteiger partial charge in [-0.1, -0.05) is 30.7 Å². The smallest absolute Gasteiger partial charge is 0.0488 e. The summed E-state index contributed by atoms with van der Waals surface area (Å²) in [5.74, 6) is 0.594. The molecule has 0 spiro atoms. The first-order valence-electron chi connectivity index (χ1n) is 6.39. The topological polar surface area (TPSA) is 29.1 Å². The van der Waals surface area contributed by atoms with Crippen LogP contribution in [0.5, 0.6) is 0 Å². The van der Waals surface area contributed by atoms with Gasteiger partial charge in [0.2, 0.25) is 0 Å². The fourth-order valence-corrected chi connectivity index (χ4v) is 3.10. The molecule has 0 saturated carbocycles. The molecular formula is C14H22ClNOS. The molecule has 102 valence electrons. The SMILES string of the molecule is CCCNC(C)C(C)S(=O)Cc1ccc(Cl)cc1. The predicted octanol–water partition coefficient (Wildman–Crippen LogP) is 3.37. The first-order chi connectivity index (χ1) is 8.54. The highest BCUT2D eigenvalue weighted by atomic mass is 35.5. The number of halogens is 1. The summed E-state index contributed by atoms with van der Waals surface area (Å²) in [6.07, 6.45) is 1.10. The Balaban J connectivity index is 2.51. The Morgan fingerprint density at radius 3 is 2.44 bits per heavy atom. The van der Waals surface area contributed by atoms with E-state index in [0.29, 0.717) is 5.75 Å². The maximum absolute atomic E-state index is 12.2. The molecule has 0 aliphatic heterocycles. The second-order valence-electron chi connectivity index (χ2n) is 4.60. The van der Waals surface area contributed by atoms with Crippen LogP contribution < -0.4 is 5.32 Å². The van der Waals surface area contributed by atoms with Crippen LogP contribution in [-0.4, -0.2) is 22.0 Å². The van der Waals surface area contributed by atoms with Gasteiger partial charge in [0.1, 0.15) is 0 Å². The van der Waals surface area contributed by atoms with Crippen molar-refractivity contribution in [1.29, 1.82) is 0 Å². The lowest BCUT2D eigenvalue weighted by Gasteiger charge is -2.20. The van der Waals surface area contributed by atoms with Crippen molar-refractivity contribution in [2.75, 3.05) is 6.54 Å². The third-order valence-electron chi connectivity index (χ3n) is 3.06. The summed E-state index contributed by atoms with van der Waals surface area (Å²) in [4.78, 5) is 0. The third-order valence-corrected chi connectivity index (χ3v) is 5.16. The Morgan fingerprint density at radius 1 is 1.28 bits per heavy atom. The lowest BCUT2D eigenvalue weighted by Crippen LogP contribution is -2.38. The molecule has 3 unspecified atom stereocenters. The van der Waals surface area contributed by atoms with Crippen LogP contribution in [-0.2, 0) is 16.6 Å². The number of nitrogens with one attached hydrogen (secondary N) is 1. The fourth-order valence-electron chi connectivity index (χ4n) is 1.64. The van der Waals surface area contributed by atoms with Crippen molar-refractivity contribution in [2.24, 2.45) is 0 Å². The van der Waals surface area contributed by atoms with Crippen molar-refractivity contribution < 1.29 is 4.21 Å². The van der Waals surface area contributed by atoms with E-state index in [-0.39, 0.29) is 11.3 Å². The summed E-state index contributed by atoms with van der Waals surface area (Å²) in [5.41, 5.74) is 1.08. The van der Waals surface area contributed by atoms with Gasteiger partial charge in [0.15, 0.2) is 0 Å². The van der Waals surface area contributed by atoms with Gasteiger partial charge in [0.25, 0.3) is 0 Å². The highest BCUT2D eigenvalue weighted by Gasteiger charge is 2.18. The summed E-state index contributed by atoms with van der Waals surface area (Å²) in [7, 11) is -0.862. The number of hydrogen-bond acceptors (Lipinski definition) is 2. The van der Waals surface area contributed by atoms with E-state index < -0.39 is 10.8 Å². The Labute approximate surface area is 118 Å². The maximum atomic E-state index is 12.2. The largest absolute Gasteiger partial charge is 0.313 e. The summed E-state index contributed by atoms with van der Waals surface area (Å²) in [6.45, 7) is 7.25. The Hall–Kier alpha value is -0.380. The van der Waals surface area contributed by atoms with Gasteiger partial charge in [0.05, 0.1) is 0 Å². The molecule has 1 rings (SSSR count). The zero-order chi connectivity index (χ0) is 13.5. The Morgan fingerprint density at radius 2 is 1.89 bits per heavy atom. The van der Waals surface area contributed by atoms with Crippen LogP contribution in [0.25, 0.3) is 0 Å². The monoisotopic (exact) mass is 287 g/mol. The molecule has 3 atom stereocenters. The molecule has 0 heterocycles. The average Bonchev–Trinajstić information content (AvgIpc) is 2.37. The van der Waals surface area contributed by atoms with Crippen molar-refractivity contribution >= 4 is 22.4 Å². The van der Waals surface area contributed by atoms with Crippen molar-refractivity contribution in [1.82, 2.24) is 5.32 Å². The summed E-state index contributed by atoms with van der Waals surface area (Å²) < 4.78 is 12.2. The number of hydrogen-bond donors (Lipinski definition) is 1. The quantitative estimate of drug-likeness (QED) is 0.833. The molecule has 4 heteroatoms. The zero-order valence-corrected chi connectivity index (χ0v) is 12.9. The molecule has 0 bridgehead atoms. The van der Waals surface area contributed by atoms with E-state index >= 15 is 0 Å². The maximum Gasteiger partial charge on any atom is 0.0488 e. The van der Waals surface area contributed by atoms with E-state index in [1.54, 1.807) is 0 Å². The van der Waals surface area contributed by atoms with E-state index in [1.165, 1.54) is 0 Å². The van der Waals surface area contributed by atoms with Crippen LogP contribution >= 0.6 is 11.6 Å². The molecule has 1 aromatic rings. The minimum absolute atomic E-state index is 0.146. The van der Waals surface area contributed by atoms with Crippen molar-refractivity contribution in [2.45, 2.75) is 44.2 Å². The highest BCUT2D eigenvalue weighted by Crippen LogP contribution is 2.13. The molecule has 1 aromatic carbocycles. The normalized spacial score (nSPS) is 16.2.